The molecule has 0 saturated heterocycles. The van der Waals surface area contributed by atoms with Crippen LogP contribution in [-0.2, 0) is 11.2 Å². The average Bonchev–Trinajstić information content (AvgIpc) is 2.53. The number of ketones is 1. The van der Waals surface area contributed by atoms with E-state index in [0.29, 0.717) is 16.9 Å². The first-order chi connectivity index (χ1) is 11.4. The van der Waals surface area contributed by atoms with E-state index in [2.05, 4.69) is 10.2 Å². The van der Waals surface area contributed by atoms with Gasteiger partial charge in [0.1, 0.15) is 5.78 Å². The minimum atomic E-state index is -0.498. The Kier molecular flexibility index (Phi) is 5.36. The molecule has 0 aliphatic heterocycles. The predicted octanol–water partition coefficient (Wildman–Crippen LogP) is 4.21. The summed E-state index contributed by atoms with van der Waals surface area (Å²) in [6.07, 6.45) is 0.159. The van der Waals surface area contributed by atoms with E-state index in [1.54, 1.807) is 18.2 Å². The van der Waals surface area contributed by atoms with Gasteiger partial charge in [-0.1, -0.05) is 0 Å². The van der Waals surface area contributed by atoms with Crippen molar-refractivity contribution in [2.75, 3.05) is 19.0 Å². The molecule has 24 heavy (non-hydrogen) atoms. The molecule has 2 aromatic rings. The number of Topliss-reactive ketones (excluding diaryl/α,β-unsaturated/α-hetero) is 1. The Hall–Kier alpha value is -3.09. The van der Waals surface area contributed by atoms with Crippen LogP contribution in [0.1, 0.15) is 12.5 Å². The lowest BCUT2D eigenvalue weighted by atomic mass is 10.1. The normalized spacial score (nSPS) is 10.8. The lowest BCUT2D eigenvalue weighted by molar-refractivity contribution is -0.384. The van der Waals surface area contributed by atoms with Gasteiger partial charge in [0, 0.05) is 38.3 Å². The molecule has 0 fully saturated rings. The maximum Gasteiger partial charge on any atom is 0.271 e. The number of non-ortho nitro benzene ring substituents is 1. The van der Waals surface area contributed by atoms with Gasteiger partial charge in [-0.25, -0.2) is 0 Å². The van der Waals surface area contributed by atoms with E-state index >= 15 is 0 Å². The number of azo groups is 1. The molecule has 0 radical (unpaired) electrons. The molecule has 124 valence electrons. The summed E-state index contributed by atoms with van der Waals surface area (Å²) in [4.78, 5) is 23.7. The van der Waals surface area contributed by atoms with Gasteiger partial charge in [-0.3, -0.25) is 14.9 Å². The zero-order valence-corrected chi connectivity index (χ0v) is 13.8. The number of benzene rings is 2. The van der Waals surface area contributed by atoms with E-state index in [4.69, 9.17) is 0 Å². The van der Waals surface area contributed by atoms with Gasteiger partial charge >= 0.3 is 0 Å². The van der Waals surface area contributed by atoms with Crippen molar-refractivity contribution in [3.8, 4) is 0 Å². The minimum absolute atomic E-state index is 0.0457. The first-order valence-electron chi connectivity index (χ1n) is 7.32. The highest BCUT2D eigenvalue weighted by atomic mass is 16.6. The van der Waals surface area contributed by atoms with Gasteiger partial charge in [-0.2, -0.15) is 10.2 Å². The van der Waals surface area contributed by atoms with Crippen molar-refractivity contribution in [3.05, 3.63) is 58.1 Å². The second kappa shape index (κ2) is 7.45. The largest absolute Gasteiger partial charge is 0.378 e. The van der Waals surface area contributed by atoms with Gasteiger partial charge in [0.15, 0.2) is 0 Å². The molecule has 2 rings (SSSR count). The molecule has 0 atom stereocenters. The standard InChI is InChI=1S/C17H18N4O3/c1-12(22)10-13-4-7-16(21(23)24)11-17(13)19-18-14-5-8-15(9-6-14)20(2)3/h4-9,11H,10H2,1-3H3. The summed E-state index contributed by atoms with van der Waals surface area (Å²) < 4.78 is 0. The van der Waals surface area contributed by atoms with Crippen molar-refractivity contribution in [1.82, 2.24) is 0 Å². The molecule has 7 heteroatoms. The van der Waals surface area contributed by atoms with Crippen LogP contribution in [0, 0.1) is 10.1 Å². The molecule has 0 aliphatic carbocycles. The van der Waals surface area contributed by atoms with Crippen molar-refractivity contribution in [1.29, 1.82) is 0 Å². The van der Waals surface area contributed by atoms with Crippen molar-refractivity contribution in [2.45, 2.75) is 13.3 Å². The molecule has 0 amide bonds. The quantitative estimate of drug-likeness (QED) is 0.452. The summed E-state index contributed by atoms with van der Waals surface area (Å²) in [6, 6.07) is 11.7. The fourth-order valence-electron chi connectivity index (χ4n) is 2.11. The summed E-state index contributed by atoms with van der Waals surface area (Å²) >= 11 is 0. The van der Waals surface area contributed by atoms with Crippen LogP contribution in [0.4, 0.5) is 22.7 Å². The third-order valence-corrected chi connectivity index (χ3v) is 3.36. The van der Waals surface area contributed by atoms with Crippen LogP contribution in [-0.4, -0.2) is 24.8 Å². The van der Waals surface area contributed by atoms with Gasteiger partial charge in [0.25, 0.3) is 5.69 Å². The number of hydrogen-bond acceptors (Lipinski definition) is 6. The molecular weight excluding hydrogens is 308 g/mol. The Labute approximate surface area is 139 Å². The van der Waals surface area contributed by atoms with Crippen LogP contribution in [0.5, 0.6) is 0 Å². The third-order valence-electron chi connectivity index (χ3n) is 3.36. The SMILES string of the molecule is CC(=O)Cc1ccc([N+](=O)[O-])cc1N=Nc1ccc(N(C)C)cc1. The third kappa shape index (κ3) is 4.45. The van der Waals surface area contributed by atoms with E-state index in [1.807, 2.05) is 31.1 Å². The van der Waals surface area contributed by atoms with Crippen LogP contribution in [0.25, 0.3) is 0 Å². The molecule has 0 saturated carbocycles. The fourth-order valence-corrected chi connectivity index (χ4v) is 2.11. The molecular formula is C17H18N4O3. The van der Waals surface area contributed by atoms with Crippen molar-refractivity contribution < 1.29 is 9.72 Å². The summed E-state index contributed by atoms with van der Waals surface area (Å²) in [5, 5.41) is 19.1. The minimum Gasteiger partial charge on any atom is -0.378 e. The molecule has 0 unspecified atom stereocenters. The second-order valence-electron chi connectivity index (χ2n) is 5.56. The Morgan fingerprint density at radius 2 is 1.79 bits per heavy atom. The number of carbonyl (C=O) groups excluding carboxylic acids is 1. The van der Waals surface area contributed by atoms with Crippen molar-refractivity contribution in [2.24, 2.45) is 10.2 Å². The average molecular weight is 326 g/mol. The maximum atomic E-state index is 11.3. The molecule has 0 aliphatic rings. The Bertz CT molecular complexity index is 783. The van der Waals surface area contributed by atoms with E-state index in [9.17, 15) is 14.9 Å². The Balaban J connectivity index is 2.33. The van der Waals surface area contributed by atoms with Crippen LogP contribution in [0.15, 0.2) is 52.7 Å². The summed E-state index contributed by atoms with van der Waals surface area (Å²) in [6.45, 7) is 1.46. The molecule has 0 heterocycles. The van der Waals surface area contributed by atoms with E-state index < -0.39 is 4.92 Å². The number of hydrogen-bond donors (Lipinski definition) is 0. The summed E-state index contributed by atoms with van der Waals surface area (Å²) in [5.41, 5.74) is 2.51. The van der Waals surface area contributed by atoms with Gasteiger partial charge in [-0.15, -0.1) is 0 Å². The summed E-state index contributed by atoms with van der Waals surface area (Å²) in [7, 11) is 3.88. The van der Waals surface area contributed by atoms with Crippen LogP contribution >= 0.6 is 0 Å². The van der Waals surface area contributed by atoms with Gasteiger partial charge in [0.2, 0.25) is 0 Å². The second-order valence-corrected chi connectivity index (χ2v) is 5.56. The molecule has 7 nitrogen and oxygen atoms in total. The zero-order valence-electron chi connectivity index (χ0n) is 13.8. The van der Waals surface area contributed by atoms with Crippen LogP contribution in [0.2, 0.25) is 0 Å². The fraction of sp³-hybridized carbons (Fsp3) is 0.235. The lowest BCUT2D eigenvalue weighted by Crippen LogP contribution is -2.07. The van der Waals surface area contributed by atoms with E-state index in [1.165, 1.54) is 19.1 Å². The zero-order chi connectivity index (χ0) is 17.7. The topological polar surface area (TPSA) is 88.2 Å². The monoisotopic (exact) mass is 326 g/mol. The first kappa shape index (κ1) is 17.3. The highest BCUT2D eigenvalue weighted by Gasteiger charge is 2.12. The van der Waals surface area contributed by atoms with Crippen LogP contribution < -0.4 is 4.90 Å². The molecule has 2 aromatic carbocycles. The van der Waals surface area contributed by atoms with Crippen molar-refractivity contribution in [3.63, 3.8) is 0 Å². The highest BCUT2D eigenvalue weighted by molar-refractivity contribution is 5.80. The lowest BCUT2D eigenvalue weighted by Gasteiger charge is -2.11. The number of anilines is 1. The number of carbonyl (C=O) groups is 1. The number of nitro groups is 1. The van der Waals surface area contributed by atoms with Gasteiger partial charge < -0.3 is 4.90 Å². The number of nitrogens with zero attached hydrogens (tertiary/aromatic N) is 4. The Morgan fingerprint density at radius 1 is 1.12 bits per heavy atom. The molecule has 0 bridgehead atoms. The van der Waals surface area contributed by atoms with Gasteiger partial charge in [-0.05, 0) is 42.8 Å². The number of rotatable bonds is 6. The van der Waals surface area contributed by atoms with Gasteiger partial charge in [0.05, 0.1) is 16.3 Å². The molecule has 0 N–H and O–H groups in total. The molecule has 0 aromatic heterocycles. The Morgan fingerprint density at radius 3 is 2.33 bits per heavy atom. The summed E-state index contributed by atoms with van der Waals surface area (Å²) in [5.74, 6) is -0.0457. The van der Waals surface area contributed by atoms with Crippen molar-refractivity contribution >= 4 is 28.5 Å². The maximum absolute atomic E-state index is 11.3. The predicted molar refractivity (Wildman–Crippen MR) is 92.4 cm³/mol. The highest BCUT2D eigenvalue weighted by Crippen LogP contribution is 2.28. The van der Waals surface area contributed by atoms with E-state index in [0.717, 1.165) is 5.69 Å². The van der Waals surface area contributed by atoms with Crippen LogP contribution in [0.3, 0.4) is 0 Å². The first-order valence-corrected chi connectivity index (χ1v) is 7.32. The number of nitro benzene ring substituents is 1. The molecule has 0 spiro atoms. The smallest absolute Gasteiger partial charge is 0.271 e. The van der Waals surface area contributed by atoms with E-state index in [-0.39, 0.29) is 17.9 Å².